The van der Waals surface area contributed by atoms with Crippen LogP contribution in [0.15, 0.2) is 65.5 Å². The van der Waals surface area contributed by atoms with Crippen molar-refractivity contribution in [2.75, 3.05) is 25.0 Å². The van der Waals surface area contributed by atoms with Gasteiger partial charge in [-0.2, -0.15) is 5.10 Å². The number of benzene rings is 2. The first-order valence-corrected chi connectivity index (χ1v) is 11.7. The Balaban J connectivity index is 1.47. The van der Waals surface area contributed by atoms with Crippen LogP contribution in [0.25, 0.3) is 11.3 Å². The lowest BCUT2D eigenvalue weighted by Crippen LogP contribution is -2.38. The molecule has 3 N–H and O–H groups in total. The van der Waals surface area contributed by atoms with Crippen molar-refractivity contribution in [2.24, 2.45) is 0 Å². The third kappa shape index (κ3) is 7.52. The van der Waals surface area contributed by atoms with Gasteiger partial charge in [0.25, 0.3) is 11.5 Å². The van der Waals surface area contributed by atoms with Gasteiger partial charge in [-0.3, -0.25) is 19.2 Å². The number of ether oxygens (including phenoxy) is 1. The average Bonchev–Trinajstić information content (AvgIpc) is 2.89. The average molecular weight is 492 g/mol. The Morgan fingerprint density at radius 3 is 2.22 bits per heavy atom. The van der Waals surface area contributed by atoms with Gasteiger partial charge in [-0.25, -0.2) is 4.68 Å². The highest BCUT2D eigenvalue weighted by atomic mass is 16.5. The molecule has 0 aliphatic rings. The minimum atomic E-state index is -0.404. The Hall–Kier alpha value is -4.47. The van der Waals surface area contributed by atoms with E-state index in [4.69, 9.17) is 4.74 Å². The van der Waals surface area contributed by atoms with E-state index in [0.717, 1.165) is 16.0 Å². The molecule has 0 saturated carbocycles. The molecule has 10 nitrogen and oxygen atoms in total. The highest BCUT2D eigenvalue weighted by molar-refractivity contribution is 5.95. The van der Waals surface area contributed by atoms with E-state index in [2.05, 4.69) is 21.0 Å². The Morgan fingerprint density at radius 1 is 0.861 bits per heavy atom. The number of carbonyl (C=O) groups excluding carboxylic acids is 3. The van der Waals surface area contributed by atoms with Gasteiger partial charge >= 0.3 is 0 Å². The number of hydrogen-bond donors (Lipinski definition) is 3. The Bertz CT molecular complexity index is 1250. The minimum Gasteiger partial charge on any atom is -0.494 e. The predicted molar refractivity (Wildman–Crippen MR) is 136 cm³/mol. The lowest BCUT2D eigenvalue weighted by Gasteiger charge is -2.10. The van der Waals surface area contributed by atoms with E-state index in [9.17, 15) is 19.2 Å². The lowest BCUT2D eigenvalue weighted by molar-refractivity contribution is -0.122. The summed E-state index contributed by atoms with van der Waals surface area (Å²) in [6.45, 7) is 4.36. The molecule has 0 bridgehead atoms. The Labute approximate surface area is 208 Å². The van der Waals surface area contributed by atoms with Crippen molar-refractivity contribution in [1.82, 2.24) is 20.4 Å². The second-order valence-electron chi connectivity index (χ2n) is 7.76. The summed E-state index contributed by atoms with van der Waals surface area (Å²) in [5.74, 6) is -0.0842. The molecule has 36 heavy (non-hydrogen) atoms. The Kier molecular flexibility index (Phi) is 9.33. The largest absolute Gasteiger partial charge is 0.494 e. The molecule has 0 unspecified atom stereocenters. The van der Waals surface area contributed by atoms with Gasteiger partial charge in [-0.15, -0.1) is 0 Å². The van der Waals surface area contributed by atoms with Crippen LogP contribution in [0, 0.1) is 0 Å². The molecule has 0 fully saturated rings. The maximum atomic E-state index is 12.3. The summed E-state index contributed by atoms with van der Waals surface area (Å²) in [6, 6.07) is 16.8. The van der Waals surface area contributed by atoms with E-state index in [0.29, 0.717) is 30.0 Å². The number of hydrogen-bond acceptors (Lipinski definition) is 6. The van der Waals surface area contributed by atoms with E-state index in [1.807, 2.05) is 31.2 Å². The van der Waals surface area contributed by atoms with Crippen LogP contribution in [0.3, 0.4) is 0 Å². The molecule has 3 amide bonds. The number of rotatable bonds is 11. The van der Waals surface area contributed by atoms with Crippen molar-refractivity contribution < 1.29 is 19.1 Å². The third-order valence-corrected chi connectivity index (χ3v) is 5.11. The molecule has 2 aromatic carbocycles. The smallest absolute Gasteiger partial charge is 0.267 e. The molecule has 188 valence electrons. The molecule has 0 radical (unpaired) electrons. The van der Waals surface area contributed by atoms with Gasteiger partial charge in [0.05, 0.1) is 12.3 Å². The van der Waals surface area contributed by atoms with Gasteiger partial charge < -0.3 is 20.7 Å². The van der Waals surface area contributed by atoms with Gasteiger partial charge in [-0.05, 0) is 61.5 Å². The topological polar surface area (TPSA) is 131 Å². The zero-order chi connectivity index (χ0) is 25.9. The van der Waals surface area contributed by atoms with Crippen LogP contribution in [0.2, 0.25) is 0 Å². The van der Waals surface area contributed by atoms with Crippen molar-refractivity contribution in [3.8, 4) is 17.0 Å². The van der Waals surface area contributed by atoms with Crippen LogP contribution in [-0.2, 0) is 16.1 Å². The first-order chi connectivity index (χ1) is 17.4. The van der Waals surface area contributed by atoms with Gasteiger partial charge in [0.2, 0.25) is 11.8 Å². The highest BCUT2D eigenvalue weighted by Crippen LogP contribution is 2.19. The molecule has 10 heteroatoms. The normalized spacial score (nSPS) is 10.4. The molecule has 3 aromatic rings. The molecule has 0 aliphatic carbocycles. The maximum absolute atomic E-state index is 12.3. The fourth-order valence-electron chi connectivity index (χ4n) is 3.23. The fraction of sp³-hybridized carbons (Fsp3) is 0.269. The van der Waals surface area contributed by atoms with Gasteiger partial charge in [0.1, 0.15) is 12.3 Å². The van der Waals surface area contributed by atoms with Crippen LogP contribution in [0.5, 0.6) is 5.75 Å². The number of nitrogens with one attached hydrogen (secondary N) is 3. The molecule has 1 heterocycles. The quantitative estimate of drug-likeness (QED) is 0.353. The number of nitrogens with zero attached hydrogens (tertiary/aromatic N) is 2. The Morgan fingerprint density at radius 2 is 1.56 bits per heavy atom. The third-order valence-electron chi connectivity index (χ3n) is 5.11. The maximum Gasteiger partial charge on any atom is 0.267 e. The van der Waals surface area contributed by atoms with E-state index in [-0.39, 0.29) is 31.4 Å². The lowest BCUT2D eigenvalue weighted by atomic mass is 10.1. The van der Waals surface area contributed by atoms with Gasteiger partial charge in [-0.1, -0.05) is 6.92 Å². The molecule has 0 saturated heterocycles. The standard InChI is InChI=1S/C26H29N5O5/c1-3-23(32)29-20-9-5-19(6-10-20)26(35)28-16-15-27-24(33)17-31-25(34)14-13-22(30-31)18-7-11-21(12-8-18)36-4-2/h5-14H,3-4,15-17H2,1-2H3,(H,27,33)(H,28,35)(H,29,32). The SMILES string of the molecule is CCOc1ccc(-c2ccc(=O)n(CC(=O)NCCNC(=O)c3ccc(NC(=O)CC)cc3)n2)cc1. The van der Waals surface area contributed by atoms with Gasteiger partial charge in [0.15, 0.2) is 0 Å². The summed E-state index contributed by atoms with van der Waals surface area (Å²) in [5, 5.41) is 12.4. The van der Waals surface area contributed by atoms with Crippen molar-refractivity contribution in [1.29, 1.82) is 0 Å². The number of amides is 3. The molecular weight excluding hydrogens is 462 g/mol. The summed E-state index contributed by atoms with van der Waals surface area (Å²) in [5.41, 5.74) is 1.99. The first kappa shape index (κ1) is 26.1. The number of anilines is 1. The molecule has 0 spiro atoms. The second kappa shape index (κ2) is 12.8. The van der Waals surface area contributed by atoms with Crippen LogP contribution in [0.1, 0.15) is 30.6 Å². The first-order valence-electron chi connectivity index (χ1n) is 11.7. The summed E-state index contributed by atoms with van der Waals surface area (Å²) < 4.78 is 6.53. The summed E-state index contributed by atoms with van der Waals surface area (Å²) >= 11 is 0. The molecule has 3 rings (SSSR count). The van der Waals surface area contributed by atoms with Crippen LogP contribution >= 0.6 is 0 Å². The molecular formula is C26H29N5O5. The predicted octanol–water partition coefficient (Wildman–Crippen LogP) is 2.20. The highest BCUT2D eigenvalue weighted by Gasteiger charge is 2.09. The summed E-state index contributed by atoms with van der Waals surface area (Å²) in [7, 11) is 0. The van der Waals surface area contributed by atoms with E-state index >= 15 is 0 Å². The molecule has 0 atom stereocenters. The minimum absolute atomic E-state index is 0.108. The van der Waals surface area contributed by atoms with Crippen LogP contribution < -0.4 is 26.2 Å². The van der Waals surface area contributed by atoms with Crippen molar-refractivity contribution in [3.05, 3.63) is 76.6 Å². The summed E-state index contributed by atoms with van der Waals surface area (Å²) in [4.78, 5) is 48.2. The van der Waals surface area contributed by atoms with Crippen molar-refractivity contribution in [2.45, 2.75) is 26.8 Å². The van der Waals surface area contributed by atoms with Crippen LogP contribution in [0.4, 0.5) is 5.69 Å². The molecule has 0 aliphatic heterocycles. The number of aromatic nitrogens is 2. The van der Waals surface area contributed by atoms with Crippen molar-refractivity contribution in [3.63, 3.8) is 0 Å². The van der Waals surface area contributed by atoms with Gasteiger partial charge in [0, 0.05) is 42.4 Å². The molecule has 1 aromatic heterocycles. The van der Waals surface area contributed by atoms with E-state index in [1.165, 1.54) is 6.07 Å². The number of carbonyl (C=O) groups is 3. The zero-order valence-corrected chi connectivity index (χ0v) is 20.2. The second-order valence-corrected chi connectivity index (χ2v) is 7.76. The monoisotopic (exact) mass is 491 g/mol. The van der Waals surface area contributed by atoms with E-state index in [1.54, 1.807) is 37.3 Å². The zero-order valence-electron chi connectivity index (χ0n) is 20.2. The van der Waals surface area contributed by atoms with E-state index < -0.39 is 11.5 Å². The summed E-state index contributed by atoms with van der Waals surface area (Å²) in [6.07, 6.45) is 0.368. The van der Waals surface area contributed by atoms with Crippen LogP contribution in [-0.4, -0.2) is 47.2 Å². The van der Waals surface area contributed by atoms with Crippen molar-refractivity contribution >= 4 is 23.4 Å². The fourth-order valence-corrected chi connectivity index (χ4v) is 3.23.